The summed E-state index contributed by atoms with van der Waals surface area (Å²) in [6, 6.07) is 11.4. The molecule has 0 aliphatic carbocycles. The number of anilines is 1. The standard InChI is InChI=1S/C25H30N4O4/c1-25(2,3)33-24(31)29-11-9-18(10-12-29)21-15-27-22-20(21)13-19(14-26-22)28-23(30)32-16-17-7-5-4-6-8-17/h4-8,13-15,18H,9-12,16H2,1-3H3,(H,26,27)(H,28,30). The Morgan fingerprint density at radius 2 is 1.91 bits per heavy atom. The SMILES string of the molecule is CC(C)(C)OC(=O)N1CCC(c2c[nH]c3ncc(NC(=O)OCc4ccccc4)cc23)CC1. The number of benzene rings is 1. The van der Waals surface area contributed by atoms with Crippen LogP contribution in [0, 0.1) is 0 Å². The molecule has 174 valence electrons. The van der Waals surface area contributed by atoms with E-state index in [2.05, 4.69) is 15.3 Å². The number of rotatable bonds is 4. The van der Waals surface area contributed by atoms with Crippen LogP contribution in [-0.4, -0.2) is 45.7 Å². The van der Waals surface area contributed by atoms with Gasteiger partial charge in [-0.2, -0.15) is 0 Å². The maximum atomic E-state index is 12.3. The highest BCUT2D eigenvalue weighted by molar-refractivity contribution is 5.89. The molecular formula is C25H30N4O4. The largest absolute Gasteiger partial charge is 0.444 e. The molecule has 0 bridgehead atoms. The van der Waals surface area contributed by atoms with Gasteiger partial charge in [0.1, 0.15) is 17.9 Å². The van der Waals surface area contributed by atoms with Gasteiger partial charge in [0.05, 0.1) is 11.9 Å². The van der Waals surface area contributed by atoms with Crippen LogP contribution in [0.1, 0.15) is 50.7 Å². The Labute approximate surface area is 193 Å². The molecule has 33 heavy (non-hydrogen) atoms. The van der Waals surface area contributed by atoms with Crippen molar-refractivity contribution in [3.8, 4) is 0 Å². The molecule has 8 nitrogen and oxygen atoms in total. The van der Waals surface area contributed by atoms with Gasteiger partial charge >= 0.3 is 12.2 Å². The Bertz CT molecular complexity index is 1110. The van der Waals surface area contributed by atoms with Crippen LogP contribution in [0.2, 0.25) is 0 Å². The number of carbonyl (C=O) groups excluding carboxylic acids is 2. The first-order valence-electron chi connectivity index (χ1n) is 11.2. The van der Waals surface area contributed by atoms with Crippen molar-refractivity contribution in [3.05, 3.63) is 59.9 Å². The number of likely N-dealkylation sites (tertiary alicyclic amines) is 1. The lowest BCUT2D eigenvalue weighted by atomic mass is 9.89. The summed E-state index contributed by atoms with van der Waals surface area (Å²) in [7, 11) is 0. The van der Waals surface area contributed by atoms with Gasteiger partial charge in [-0.15, -0.1) is 0 Å². The van der Waals surface area contributed by atoms with Crippen molar-refractivity contribution in [1.29, 1.82) is 0 Å². The smallest absolute Gasteiger partial charge is 0.412 e. The number of carbonyl (C=O) groups is 2. The van der Waals surface area contributed by atoms with Crippen molar-refractivity contribution in [1.82, 2.24) is 14.9 Å². The molecule has 1 aliphatic rings. The summed E-state index contributed by atoms with van der Waals surface area (Å²) < 4.78 is 10.8. The molecule has 0 saturated carbocycles. The minimum Gasteiger partial charge on any atom is -0.444 e. The molecule has 8 heteroatoms. The summed E-state index contributed by atoms with van der Waals surface area (Å²) in [6.07, 6.45) is 4.47. The van der Waals surface area contributed by atoms with Gasteiger partial charge in [0.15, 0.2) is 0 Å². The summed E-state index contributed by atoms with van der Waals surface area (Å²) in [6.45, 7) is 7.11. The molecule has 0 unspecified atom stereocenters. The predicted octanol–water partition coefficient (Wildman–Crippen LogP) is 5.43. The zero-order valence-electron chi connectivity index (χ0n) is 19.3. The van der Waals surface area contributed by atoms with E-state index in [9.17, 15) is 9.59 Å². The highest BCUT2D eigenvalue weighted by atomic mass is 16.6. The minimum absolute atomic E-state index is 0.202. The number of hydrogen-bond donors (Lipinski definition) is 2. The Kier molecular flexibility index (Phi) is 6.53. The third kappa shape index (κ3) is 5.83. The normalized spacial score (nSPS) is 14.8. The van der Waals surface area contributed by atoms with Crippen LogP contribution in [-0.2, 0) is 16.1 Å². The number of fused-ring (bicyclic) bond motifs is 1. The van der Waals surface area contributed by atoms with Crippen LogP contribution >= 0.6 is 0 Å². The van der Waals surface area contributed by atoms with Gasteiger partial charge in [0, 0.05) is 24.7 Å². The van der Waals surface area contributed by atoms with E-state index >= 15 is 0 Å². The van der Waals surface area contributed by atoms with Crippen LogP contribution in [0.15, 0.2) is 48.8 Å². The summed E-state index contributed by atoms with van der Waals surface area (Å²) in [5.74, 6) is 0.291. The third-order valence-corrected chi connectivity index (χ3v) is 5.61. The van der Waals surface area contributed by atoms with Crippen molar-refractivity contribution < 1.29 is 19.1 Å². The summed E-state index contributed by atoms with van der Waals surface area (Å²) in [5.41, 5.74) is 2.91. The van der Waals surface area contributed by atoms with Crippen molar-refractivity contribution in [3.63, 3.8) is 0 Å². The Morgan fingerprint density at radius 3 is 2.61 bits per heavy atom. The number of H-pyrrole nitrogens is 1. The monoisotopic (exact) mass is 450 g/mol. The van der Waals surface area contributed by atoms with Gasteiger partial charge in [0.25, 0.3) is 0 Å². The lowest BCUT2D eigenvalue weighted by molar-refractivity contribution is 0.0205. The number of aromatic amines is 1. The number of piperidine rings is 1. The number of hydrogen-bond acceptors (Lipinski definition) is 5. The quantitative estimate of drug-likeness (QED) is 0.553. The molecular weight excluding hydrogens is 420 g/mol. The van der Waals surface area contributed by atoms with E-state index in [0.717, 1.165) is 35.0 Å². The molecule has 1 fully saturated rings. The van der Waals surface area contributed by atoms with Gasteiger partial charge in [0.2, 0.25) is 0 Å². The first kappa shape index (κ1) is 22.6. The van der Waals surface area contributed by atoms with Crippen molar-refractivity contribution in [2.75, 3.05) is 18.4 Å². The summed E-state index contributed by atoms with van der Waals surface area (Å²) in [4.78, 5) is 34.0. The van der Waals surface area contributed by atoms with Gasteiger partial charge in [-0.25, -0.2) is 14.6 Å². The van der Waals surface area contributed by atoms with Crippen LogP contribution in [0.3, 0.4) is 0 Å². The molecule has 1 aromatic carbocycles. The van der Waals surface area contributed by atoms with Gasteiger partial charge in [-0.05, 0) is 56.7 Å². The molecule has 3 heterocycles. The fourth-order valence-corrected chi connectivity index (χ4v) is 4.01. The Balaban J connectivity index is 1.38. The van der Waals surface area contributed by atoms with E-state index < -0.39 is 11.7 Å². The predicted molar refractivity (Wildman–Crippen MR) is 126 cm³/mol. The molecule has 3 aromatic rings. The Hall–Kier alpha value is -3.55. The number of ether oxygens (including phenoxy) is 2. The van der Waals surface area contributed by atoms with Gasteiger partial charge in [-0.1, -0.05) is 30.3 Å². The first-order valence-corrected chi connectivity index (χ1v) is 11.2. The maximum Gasteiger partial charge on any atom is 0.412 e. The second-order valence-electron chi connectivity index (χ2n) is 9.29. The van der Waals surface area contributed by atoms with Crippen LogP contribution in [0.4, 0.5) is 15.3 Å². The molecule has 0 radical (unpaired) electrons. The lowest BCUT2D eigenvalue weighted by Crippen LogP contribution is -2.41. The van der Waals surface area contributed by atoms with Crippen molar-refractivity contribution >= 4 is 28.9 Å². The molecule has 2 amide bonds. The highest BCUT2D eigenvalue weighted by Crippen LogP contribution is 2.34. The van der Waals surface area contributed by atoms with E-state index in [1.807, 2.05) is 63.4 Å². The van der Waals surface area contributed by atoms with Crippen molar-refractivity contribution in [2.45, 2.75) is 51.7 Å². The molecule has 0 atom stereocenters. The molecule has 0 spiro atoms. The first-order chi connectivity index (χ1) is 15.8. The summed E-state index contributed by atoms with van der Waals surface area (Å²) >= 11 is 0. The van der Waals surface area contributed by atoms with E-state index in [4.69, 9.17) is 9.47 Å². The average molecular weight is 451 g/mol. The molecule has 2 aromatic heterocycles. The zero-order chi connectivity index (χ0) is 23.4. The van der Waals surface area contributed by atoms with E-state index in [1.165, 1.54) is 0 Å². The van der Waals surface area contributed by atoms with E-state index in [-0.39, 0.29) is 12.7 Å². The van der Waals surface area contributed by atoms with E-state index in [1.54, 1.807) is 11.1 Å². The molecule has 1 aliphatic heterocycles. The number of nitrogens with zero attached hydrogens (tertiary/aromatic N) is 2. The lowest BCUT2D eigenvalue weighted by Gasteiger charge is -2.33. The molecule has 1 saturated heterocycles. The third-order valence-electron chi connectivity index (χ3n) is 5.61. The molecule has 2 N–H and O–H groups in total. The topological polar surface area (TPSA) is 96.5 Å². The van der Waals surface area contributed by atoms with Gasteiger partial charge in [-0.3, -0.25) is 5.32 Å². The van der Waals surface area contributed by atoms with E-state index in [0.29, 0.717) is 24.7 Å². The van der Waals surface area contributed by atoms with Crippen molar-refractivity contribution in [2.24, 2.45) is 0 Å². The number of pyridine rings is 1. The van der Waals surface area contributed by atoms with Gasteiger partial charge < -0.3 is 19.4 Å². The van der Waals surface area contributed by atoms with Crippen LogP contribution in [0.5, 0.6) is 0 Å². The highest BCUT2D eigenvalue weighted by Gasteiger charge is 2.28. The van der Waals surface area contributed by atoms with Crippen LogP contribution in [0.25, 0.3) is 11.0 Å². The fraction of sp³-hybridized carbons (Fsp3) is 0.400. The summed E-state index contributed by atoms with van der Waals surface area (Å²) in [5, 5.41) is 3.73. The van der Waals surface area contributed by atoms with Crippen LogP contribution < -0.4 is 5.32 Å². The number of nitrogens with one attached hydrogen (secondary N) is 2. The number of amides is 2. The second-order valence-corrected chi connectivity index (χ2v) is 9.29. The minimum atomic E-state index is -0.525. The second kappa shape index (κ2) is 9.52. The zero-order valence-corrected chi connectivity index (χ0v) is 19.3. The average Bonchev–Trinajstić information content (AvgIpc) is 3.21. The maximum absolute atomic E-state index is 12.3. The Morgan fingerprint density at radius 1 is 1.18 bits per heavy atom. The number of aromatic nitrogens is 2. The molecule has 4 rings (SSSR count). The fourth-order valence-electron chi connectivity index (χ4n) is 4.01.